The molecule has 3 heterocycles. The van der Waals surface area contributed by atoms with E-state index in [0.29, 0.717) is 45.0 Å². The van der Waals surface area contributed by atoms with E-state index in [1.54, 1.807) is 18.5 Å². The van der Waals surface area contributed by atoms with Crippen LogP contribution in [0.2, 0.25) is 0 Å². The highest BCUT2D eigenvalue weighted by atomic mass is 16.5. The molecule has 126 valence electrons. The fourth-order valence-electron chi connectivity index (χ4n) is 3.79. The number of aromatic nitrogens is 2. The second kappa shape index (κ2) is 5.71. The van der Waals surface area contributed by atoms with Gasteiger partial charge in [-0.1, -0.05) is 0 Å². The summed E-state index contributed by atoms with van der Waals surface area (Å²) in [4.78, 5) is 25.3. The number of hydrogen-bond acceptors (Lipinski definition) is 6. The summed E-state index contributed by atoms with van der Waals surface area (Å²) in [6.07, 6.45) is 6.76. The van der Waals surface area contributed by atoms with Crippen LogP contribution >= 0.6 is 0 Å². The lowest BCUT2D eigenvalue weighted by Gasteiger charge is -2.48. The summed E-state index contributed by atoms with van der Waals surface area (Å²) in [5, 5.41) is 9.30. The molecule has 1 amide bonds. The molecule has 1 spiro atoms. The van der Waals surface area contributed by atoms with E-state index in [9.17, 15) is 10.1 Å². The van der Waals surface area contributed by atoms with Crippen LogP contribution in [-0.4, -0.2) is 59.2 Å². The minimum Gasteiger partial charge on any atom is -0.369 e. The van der Waals surface area contributed by atoms with Crippen molar-refractivity contribution in [2.24, 2.45) is 5.41 Å². The summed E-state index contributed by atoms with van der Waals surface area (Å²) < 4.78 is 6.13. The van der Waals surface area contributed by atoms with Crippen LogP contribution in [0.1, 0.15) is 25.7 Å². The van der Waals surface area contributed by atoms with Crippen LogP contribution in [0.3, 0.4) is 0 Å². The van der Waals surface area contributed by atoms with Crippen LogP contribution in [0, 0.1) is 16.7 Å². The number of carbonyl (C=O) groups is 1. The maximum atomic E-state index is 12.7. The topological polar surface area (TPSA) is 82.4 Å². The summed E-state index contributed by atoms with van der Waals surface area (Å²) in [7, 11) is 0. The molecule has 4 rings (SSSR count). The number of nitriles is 1. The largest absolute Gasteiger partial charge is 0.369 e. The molecule has 0 N–H and O–H groups in total. The van der Waals surface area contributed by atoms with Crippen molar-refractivity contribution in [2.45, 2.75) is 31.3 Å². The van der Waals surface area contributed by atoms with E-state index in [1.165, 1.54) is 0 Å². The summed E-state index contributed by atoms with van der Waals surface area (Å²) in [6.45, 7) is 3.23. The SMILES string of the molecule is N#CC1(C(=O)N2CCOC3(CCCN(c4ncccn4)C3)C2)CC1. The van der Waals surface area contributed by atoms with E-state index in [4.69, 9.17) is 4.74 Å². The van der Waals surface area contributed by atoms with Gasteiger partial charge in [0, 0.05) is 25.5 Å². The summed E-state index contributed by atoms with van der Waals surface area (Å²) in [6, 6.07) is 4.02. The van der Waals surface area contributed by atoms with Gasteiger partial charge in [-0.2, -0.15) is 5.26 Å². The highest BCUT2D eigenvalue weighted by Crippen LogP contribution is 2.47. The number of rotatable bonds is 2. The predicted octanol–water partition coefficient (Wildman–Crippen LogP) is 0.978. The monoisotopic (exact) mass is 327 g/mol. The molecule has 0 aromatic carbocycles. The van der Waals surface area contributed by atoms with Crippen LogP contribution in [0.25, 0.3) is 0 Å². The van der Waals surface area contributed by atoms with Crippen LogP contribution in [0.15, 0.2) is 18.5 Å². The molecule has 1 atom stereocenters. The molecule has 2 aliphatic heterocycles. The van der Waals surface area contributed by atoms with Crippen LogP contribution < -0.4 is 4.90 Å². The minimum atomic E-state index is -0.755. The smallest absolute Gasteiger partial charge is 0.243 e. The quantitative estimate of drug-likeness (QED) is 0.805. The third-order valence-electron chi connectivity index (χ3n) is 5.28. The first-order chi connectivity index (χ1) is 11.7. The molecular weight excluding hydrogens is 306 g/mol. The first-order valence-corrected chi connectivity index (χ1v) is 8.53. The summed E-state index contributed by atoms with van der Waals surface area (Å²) >= 11 is 0. The maximum Gasteiger partial charge on any atom is 0.243 e. The number of nitrogens with zero attached hydrogens (tertiary/aromatic N) is 5. The lowest BCUT2D eigenvalue weighted by Crippen LogP contribution is -2.61. The average molecular weight is 327 g/mol. The standard InChI is InChI=1S/C17H21N5O2/c18-11-16(4-5-16)14(23)21-9-10-24-17(12-21)3-1-8-22(13-17)15-19-6-2-7-20-15/h2,6-7H,1,3-5,8-10,12-13H2. The molecule has 1 saturated carbocycles. The molecule has 24 heavy (non-hydrogen) atoms. The Morgan fingerprint density at radius 3 is 2.71 bits per heavy atom. The van der Waals surface area contributed by atoms with E-state index in [-0.39, 0.29) is 11.5 Å². The molecule has 1 unspecified atom stereocenters. The minimum absolute atomic E-state index is 0.0132. The van der Waals surface area contributed by atoms with Gasteiger partial charge < -0.3 is 14.5 Å². The molecule has 0 radical (unpaired) electrons. The molecule has 3 fully saturated rings. The van der Waals surface area contributed by atoms with Gasteiger partial charge in [0.15, 0.2) is 0 Å². The van der Waals surface area contributed by atoms with Gasteiger partial charge in [0.1, 0.15) is 11.0 Å². The number of hydrogen-bond donors (Lipinski definition) is 0. The average Bonchev–Trinajstić information content (AvgIpc) is 3.43. The van der Waals surface area contributed by atoms with Crippen molar-refractivity contribution in [2.75, 3.05) is 37.7 Å². The van der Waals surface area contributed by atoms with Gasteiger partial charge in [-0.05, 0) is 31.7 Å². The van der Waals surface area contributed by atoms with Crippen LogP contribution in [0.4, 0.5) is 5.95 Å². The van der Waals surface area contributed by atoms with Crippen LogP contribution in [0.5, 0.6) is 0 Å². The van der Waals surface area contributed by atoms with Crippen molar-refractivity contribution in [1.82, 2.24) is 14.9 Å². The van der Waals surface area contributed by atoms with E-state index >= 15 is 0 Å². The predicted molar refractivity (Wildman–Crippen MR) is 86.0 cm³/mol. The molecule has 1 aromatic heterocycles. The Kier molecular flexibility index (Phi) is 3.65. The Hall–Kier alpha value is -2.20. The molecule has 3 aliphatic rings. The highest BCUT2D eigenvalue weighted by molar-refractivity contribution is 5.88. The third-order valence-corrected chi connectivity index (χ3v) is 5.28. The van der Waals surface area contributed by atoms with Crippen molar-refractivity contribution < 1.29 is 9.53 Å². The third kappa shape index (κ3) is 2.61. The first kappa shape index (κ1) is 15.3. The lowest BCUT2D eigenvalue weighted by atomic mass is 9.90. The van der Waals surface area contributed by atoms with Crippen molar-refractivity contribution in [3.05, 3.63) is 18.5 Å². The van der Waals surface area contributed by atoms with E-state index < -0.39 is 5.41 Å². The first-order valence-electron chi connectivity index (χ1n) is 8.53. The molecule has 1 aromatic rings. The zero-order valence-corrected chi connectivity index (χ0v) is 13.6. The number of ether oxygens (including phenoxy) is 1. The highest BCUT2D eigenvalue weighted by Gasteiger charge is 2.54. The number of morpholine rings is 1. The van der Waals surface area contributed by atoms with E-state index in [1.807, 2.05) is 4.90 Å². The zero-order valence-electron chi connectivity index (χ0n) is 13.6. The maximum absolute atomic E-state index is 12.7. The van der Waals surface area contributed by atoms with Crippen molar-refractivity contribution in [1.29, 1.82) is 5.26 Å². The Labute approximate surface area is 141 Å². The second-order valence-electron chi connectivity index (χ2n) is 7.03. The van der Waals surface area contributed by atoms with Gasteiger partial charge in [0.25, 0.3) is 0 Å². The summed E-state index contributed by atoms with van der Waals surface area (Å²) in [5.41, 5.74) is -1.13. The fraction of sp³-hybridized carbons (Fsp3) is 0.647. The van der Waals surface area contributed by atoms with Crippen molar-refractivity contribution >= 4 is 11.9 Å². The number of anilines is 1. The second-order valence-corrected chi connectivity index (χ2v) is 7.03. The summed E-state index contributed by atoms with van der Waals surface area (Å²) in [5.74, 6) is 0.695. The Bertz CT molecular complexity index is 665. The fourth-order valence-corrected chi connectivity index (χ4v) is 3.79. The number of carbonyl (C=O) groups excluding carboxylic acids is 1. The lowest BCUT2D eigenvalue weighted by molar-refractivity contribution is -0.155. The van der Waals surface area contributed by atoms with E-state index in [0.717, 1.165) is 19.4 Å². The zero-order chi connectivity index (χ0) is 16.6. The van der Waals surface area contributed by atoms with Crippen LogP contribution in [-0.2, 0) is 9.53 Å². The molecule has 7 nitrogen and oxygen atoms in total. The van der Waals surface area contributed by atoms with Gasteiger partial charge in [-0.3, -0.25) is 4.79 Å². The Balaban J connectivity index is 1.50. The molecule has 1 aliphatic carbocycles. The van der Waals surface area contributed by atoms with Gasteiger partial charge in [-0.25, -0.2) is 9.97 Å². The van der Waals surface area contributed by atoms with Gasteiger partial charge in [0.05, 0.1) is 25.8 Å². The number of piperidine rings is 1. The number of amides is 1. The molecule has 2 saturated heterocycles. The normalized spacial score (nSPS) is 28.5. The van der Waals surface area contributed by atoms with Gasteiger partial charge >= 0.3 is 0 Å². The van der Waals surface area contributed by atoms with Gasteiger partial charge in [0.2, 0.25) is 11.9 Å². The van der Waals surface area contributed by atoms with Crippen molar-refractivity contribution in [3.63, 3.8) is 0 Å². The molecule has 0 bridgehead atoms. The Morgan fingerprint density at radius 1 is 1.21 bits per heavy atom. The molecular formula is C17H21N5O2. The van der Waals surface area contributed by atoms with Gasteiger partial charge in [-0.15, -0.1) is 0 Å². The molecule has 7 heteroatoms. The van der Waals surface area contributed by atoms with Crippen molar-refractivity contribution in [3.8, 4) is 6.07 Å². The van der Waals surface area contributed by atoms with E-state index in [2.05, 4.69) is 20.9 Å². The Morgan fingerprint density at radius 2 is 2.00 bits per heavy atom.